The van der Waals surface area contributed by atoms with Crippen molar-refractivity contribution in [1.82, 2.24) is 5.32 Å². The number of para-hydroxylation sites is 1. The Bertz CT molecular complexity index is 484. The fraction of sp³-hybridized carbons (Fsp3) is 0.455. The molecule has 0 aromatic heterocycles. The lowest BCUT2D eigenvalue weighted by Gasteiger charge is -2.30. The van der Waals surface area contributed by atoms with Crippen LogP contribution in [0.1, 0.15) is 5.56 Å². The molecule has 104 valence electrons. The molecule has 1 aromatic carbocycles. The van der Waals surface area contributed by atoms with Crippen LogP contribution in [0.3, 0.4) is 0 Å². The lowest BCUT2D eigenvalue weighted by Crippen LogP contribution is -2.55. The summed E-state index contributed by atoms with van der Waals surface area (Å²) in [6, 6.07) is 5.34. The Balaban J connectivity index is 2.36. The molecule has 1 aliphatic rings. The van der Waals surface area contributed by atoms with Gasteiger partial charge in [0.05, 0.1) is 11.5 Å². The smallest absolute Gasteiger partial charge is 0.350 e. The van der Waals surface area contributed by atoms with Gasteiger partial charge in [0.1, 0.15) is 0 Å². The molecule has 0 radical (unpaired) electrons. The Morgan fingerprint density at radius 2 is 2.11 bits per heavy atom. The van der Waals surface area contributed by atoms with Gasteiger partial charge in [-0.25, -0.2) is 0 Å². The molecule has 1 saturated heterocycles. The van der Waals surface area contributed by atoms with E-state index >= 15 is 0 Å². The van der Waals surface area contributed by atoms with Crippen LogP contribution in [0.25, 0.3) is 0 Å². The zero-order valence-corrected chi connectivity index (χ0v) is 9.74. The summed E-state index contributed by atoms with van der Waals surface area (Å²) >= 11 is 0. The monoisotopic (exact) mass is 276 g/mol. The van der Waals surface area contributed by atoms with E-state index < -0.39 is 23.2 Å². The maximum absolute atomic E-state index is 13.1. The zero-order chi connectivity index (χ0) is 14.1. The molecule has 1 fully saturated rings. The molecule has 5 nitrogen and oxygen atoms in total. The van der Waals surface area contributed by atoms with Crippen molar-refractivity contribution in [2.24, 2.45) is 0 Å². The summed E-state index contributed by atoms with van der Waals surface area (Å²) in [6.45, 7) is -0.0275. The van der Waals surface area contributed by atoms with Crippen LogP contribution < -0.4 is 5.32 Å². The summed E-state index contributed by atoms with van der Waals surface area (Å²) in [6.07, 6.45) is -5.28. The second-order valence-corrected chi connectivity index (χ2v) is 4.16. The third kappa shape index (κ3) is 2.54. The van der Waals surface area contributed by atoms with E-state index in [0.717, 1.165) is 0 Å². The predicted molar refractivity (Wildman–Crippen MR) is 59.5 cm³/mol. The van der Waals surface area contributed by atoms with Crippen molar-refractivity contribution in [2.45, 2.75) is 18.3 Å². The molecular weight excluding hydrogens is 265 g/mol. The second kappa shape index (κ2) is 4.78. The first kappa shape index (κ1) is 13.8. The Kier molecular flexibility index (Phi) is 3.46. The van der Waals surface area contributed by atoms with E-state index in [0.29, 0.717) is 0 Å². The van der Waals surface area contributed by atoms with Gasteiger partial charge in [-0.2, -0.15) is 13.2 Å². The maximum atomic E-state index is 13.1. The highest BCUT2D eigenvalue weighted by Gasteiger charge is 2.58. The lowest BCUT2D eigenvalue weighted by molar-refractivity contribution is -0.386. The van der Waals surface area contributed by atoms with Crippen LogP contribution in [0.5, 0.6) is 0 Å². The fourth-order valence-corrected chi connectivity index (χ4v) is 2.03. The number of hydrogen-bond acceptors (Lipinski definition) is 4. The van der Waals surface area contributed by atoms with Gasteiger partial charge in [-0.05, 0) is 0 Å². The number of alkyl halides is 3. The van der Waals surface area contributed by atoms with Gasteiger partial charge >= 0.3 is 6.18 Å². The lowest BCUT2D eigenvalue weighted by atomic mass is 10.0. The minimum absolute atomic E-state index is 0.0146. The van der Waals surface area contributed by atoms with Gasteiger partial charge in [0.15, 0.2) is 0 Å². The largest absolute Gasteiger partial charge is 0.431 e. The van der Waals surface area contributed by atoms with Gasteiger partial charge < -0.3 is 4.74 Å². The fourth-order valence-electron chi connectivity index (χ4n) is 2.03. The molecule has 0 amide bonds. The van der Waals surface area contributed by atoms with E-state index in [9.17, 15) is 23.3 Å². The first-order valence-corrected chi connectivity index (χ1v) is 5.54. The molecule has 1 atom stereocenters. The van der Waals surface area contributed by atoms with Crippen molar-refractivity contribution in [1.29, 1.82) is 0 Å². The minimum atomic E-state index is -4.65. The van der Waals surface area contributed by atoms with Gasteiger partial charge in [0.25, 0.3) is 5.69 Å². The number of rotatable bonds is 3. The Morgan fingerprint density at radius 3 is 2.63 bits per heavy atom. The number of nitro benzene ring substituents is 1. The summed E-state index contributed by atoms with van der Waals surface area (Å²) in [5, 5.41) is 13.1. The average molecular weight is 276 g/mol. The number of hydrogen-bond donors (Lipinski definition) is 1. The number of nitrogens with zero attached hydrogens (tertiary/aromatic N) is 1. The van der Waals surface area contributed by atoms with Crippen LogP contribution in [0.15, 0.2) is 24.3 Å². The van der Waals surface area contributed by atoms with Gasteiger partial charge in [0.2, 0.25) is 5.72 Å². The SMILES string of the molecule is O=[N+]([O-])c1ccccc1CC1(C(F)(F)F)NCCO1. The standard InChI is InChI=1S/C11H11F3N2O3/c12-11(13,14)10(15-5-6-19-10)7-8-3-1-2-4-9(8)16(17)18/h1-4,15H,5-7H2. The number of ether oxygens (including phenoxy) is 1. The van der Waals surface area contributed by atoms with Crippen LogP contribution in [0, 0.1) is 10.1 Å². The van der Waals surface area contributed by atoms with Crippen molar-refractivity contribution in [2.75, 3.05) is 13.2 Å². The van der Waals surface area contributed by atoms with Gasteiger partial charge in [0, 0.05) is 24.6 Å². The van der Waals surface area contributed by atoms with E-state index in [-0.39, 0.29) is 24.4 Å². The van der Waals surface area contributed by atoms with Crippen LogP contribution in [-0.2, 0) is 11.2 Å². The third-order valence-electron chi connectivity index (χ3n) is 2.95. The molecule has 0 aliphatic carbocycles. The number of benzene rings is 1. The highest BCUT2D eigenvalue weighted by atomic mass is 19.4. The molecule has 2 rings (SSSR count). The molecule has 1 unspecified atom stereocenters. The van der Waals surface area contributed by atoms with E-state index in [4.69, 9.17) is 4.74 Å². The highest BCUT2D eigenvalue weighted by Crippen LogP contribution is 2.37. The maximum Gasteiger partial charge on any atom is 0.431 e. The van der Waals surface area contributed by atoms with Gasteiger partial charge in [-0.1, -0.05) is 18.2 Å². The first-order chi connectivity index (χ1) is 8.86. The van der Waals surface area contributed by atoms with Crippen molar-refractivity contribution in [3.05, 3.63) is 39.9 Å². The number of halogens is 3. The van der Waals surface area contributed by atoms with E-state index in [2.05, 4.69) is 5.32 Å². The molecule has 1 aromatic rings. The summed E-state index contributed by atoms with van der Waals surface area (Å²) in [5.41, 5.74) is -2.90. The van der Waals surface area contributed by atoms with E-state index in [1.54, 1.807) is 0 Å². The zero-order valence-electron chi connectivity index (χ0n) is 9.74. The summed E-state index contributed by atoms with van der Waals surface area (Å²) < 4.78 is 44.0. The van der Waals surface area contributed by atoms with Crippen molar-refractivity contribution in [3.63, 3.8) is 0 Å². The van der Waals surface area contributed by atoms with Crippen LogP contribution >= 0.6 is 0 Å². The first-order valence-electron chi connectivity index (χ1n) is 5.54. The van der Waals surface area contributed by atoms with Crippen LogP contribution in [-0.4, -0.2) is 30.0 Å². The summed E-state index contributed by atoms with van der Waals surface area (Å²) in [4.78, 5) is 10.1. The van der Waals surface area contributed by atoms with E-state index in [1.165, 1.54) is 24.3 Å². The van der Waals surface area contributed by atoms with Crippen molar-refractivity contribution < 1.29 is 22.8 Å². The average Bonchev–Trinajstić information content (AvgIpc) is 2.78. The molecule has 19 heavy (non-hydrogen) atoms. The topological polar surface area (TPSA) is 64.4 Å². The van der Waals surface area contributed by atoms with E-state index in [1.807, 2.05) is 0 Å². The molecule has 0 spiro atoms. The molecule has 1 heterocycles. The molecule has 1 N–H and O–H groups in total. The van der Waals surface area contributed by atoms with Crippen molar-refractivity contribution in [3.8, 4) is 0 Å². The van der Waals surface area contributed by atoms with Gasteiger partial charge in [-0.3, -0.25) is 15.4 Å². The molecular formula is C11H11F3N2O3. The van der Waals surface area contributed by atoms with Crippen LogP contribution in [0.2, 0.25) is 0 Å². The molecule has 1 aliphatic heterocycles. The number of nitro groups is 1. The quantitative estimate of drug-likeness (QED) is 0.677. The highest BCUT2D eigenvalue weighted by molar-refractivity contribution is 5.41. The number of nitrogens with one attached hydrogen (secondary N) is 1. The summed E-state index contributed by atoms with van der Waals surface area (Å²) in [5.74, 6) is 0. The Hall–Kier alpha value is -1.67. The van der Waals surface area contributed by atoms with Crippen molar-refractivity contribution >= 4 is 5.69 Å². The predicted octanol–water partition coefficient (Wildman–Crippen LogP) is 2.02. The second-order valence-electron chi connectivity index (χ2n) is 4.16. The molecule has 0 bridgehead atoms. The Morgan fingerprint density at radius 1 is 1.42 bits per heavy atom. The molecule has 8 heteroatoms. The Labute approximate surface area is 106 Å². The van der Waals surface area contributed by atoms with Gasteiger partial charge in [-0.15, -0.1) is 0 Å². The summed E-state index contributed by atoms with van der Waals surface area (Å²) in [7, 11) is 0. The normalized spacial score (nSPS) is 23.5. The third-order valence-corrected chi connectivity index (χ3v) is 2.95. The molecule has 0 saturated carbocycles. The minimum Gasteiger partial charge on any atom is -0.350 e. The van der Waals surface area contributed by atoms with Crippen LogP contribution in [0.4, 0.5) is 18.9 Å².